The fourth-order valence-electron chi connectivity index (χ4n) is 4.07. The van der Waals surface area contributed by atoms with E-state index in [1.807, 2.05) is 6.20 Å². The van der Waals surface area contributed by atoms with E-state index in [-0.39, 0.29) is 0 Å². The highest BCUT2D eigenvalue weighted by molar-refractivity contribution is 5.92. The van der Waals surface area contributed by atoms with Crippen molar-refractivity contribution in [3.05, 3.63) is 84.6 Å². The Bertz CT molecular complexity index is 1080. The van der Waals surface area contributed by atoms with Crippen LogP contribution in [0.4, 0.5) is 5.82 Å². The molecule has 5 rings (SSSR count). The average molecular weight is 353 g/mol. The van der Waals surface area contributed by atoms with Crippen molar-refractivity contribution in [1.29, 1.82) is 0 Å². The molecular formula is C24H23N3. The Hall–Kier alpha value is -2.91. The van der Waals surface area contributed by atoms with Gasteiger partial charge in [-0.25, -0.2) is 4.98 Å². The summed E-state index contributed by atoms with van der Waals surface area (Å²) in [6, 6.07) is 26.0. The minimum absolute atomic E-state index is 1.02. The van der Waals surface area contributed by atoms with Gasteiger partial charge in [0.25, 0.3) is 0 Å². The third kappa shape index (κ3) is 3.26. The maximum Gasteiger partial charge on any atom is 0.136 e. The smallest absolute Gasteiger partial charge is 0.136 e. The quantitative estimate of drug-likeness (QED) is 0.532. The Morgan fingerprint density at radius 3 is 2.30 bits per heavy atom. The maximum absolute atomic E-state index is 4.68. The highest BCUT2D eigenvalue weighted by Crippen LogP contribution is 2.25. The first-order chi connectivity index (χ1) is 13.4. The molecule has 4 aromatic rings. The second-order valence-corrected chi connectivity index (χ2v) is 7.30. The molecule has 0 atom stereocenters. The number of anilines is 1. The summed E-state index contributed by atoms with van der Waals surface area (Å²) < 4.78 is 0. The van der Waals surface area contributed by atoms with Crippen LogP contribution in [0.3, 0.4) is 0 Å². The van der Waals surface area contributed by atoms with Gasteiger partial charge >= 0.3 is 0 Å². The molecule has 0 radical (unpaired) electrons. The van der Waals surface area contributed by atoms with E-state index in [9.17, 15) is 0 Å². The van der Waals surface area contributed by atoms with E-state index in [0.717, 1.165) is 38.5 Å². The Balaban J connectivity index is 1.29. The van der Waals surface area contributed by atoms with Crippen LogP contribution in [0, 0.1) is 0 Å². The molecule has 134 valence electrons. The fourth-order valence-corrected chi connectivity index (χ4v) is 4.07. The van der Waals surface area contributed by atoms with Crippen LogP contribution < -0.4 is 4.90 Å². The first-order valence-corrected chi connectivity index (χ1v) is 9.65. The second-order valence-electron chi connectivity index (χ2n) is 7.30. The van der Waals surface area contributed by atoms with E-state index in [0.29, 0.717) is 0 Å². The van der Waals surface area contributed by atoms with Crippen molar-refractivity contribution in [3.63, 3.8) is 0 Å². The normalized spacial score (nSPS) is 15.5. The molecule has 1 aromatic heterocycles. The summed E-state index contributed by atoms with van der Waals surface area (Å²) in [5, 5.41) is 5.16. The lowest BCUT2D eigenvalue weighted by atomic mass is 10.1. The summed E-state index contributed by atoms with van der Waals surface area (Å²) >= 11 is 0. The van der Waals surface area contributed by atoms with Crippen LogP contribution in [-0.2, 0) is 6.54 Å². The molecule has 3 nitrogen and oxygen atoms in total. The van der Waals surface area contributed by atoms with Crippen LogP contribution in [0.2, 0.25) is 0 Å². The zero-order chi connectivity index (χ0) is 18.1. The van der Waals surface area contributed by atoms with E-state index in [1.165, 1.54) is 27.1 Å². The summed E-state index contributed by atoms with van der Waals surface area (Å²) in [5.74, 6) is 1.12. The molecule has 0 aliphatic carbocycles. The van der Waals surface area contributed by atoms with Crippen LogP contribution in [-0.4, -0.2) is 36.1 Å². The SMILES string of the molecule is c1ccc2cc(CN3CCN(c4nccc5ccccc45)CC3)ccc2c1. The van der Waals surface area contributed by atoms with E-state index >= 15 is 0 Å². The first-order valence-electron chi connectivity index (χ1n) is 9.65. The molecule has 3 aromatic carbocycles. The molecule has 1 aliphatic heterocycles. The summed E-state index contributed by atoms with van der Waals surface area (Å²) in [4.78, 5) is 9.66. The highest BCUT2D eigenvalue weighted by atomic mass is 15.3. The molecule has 0 saturated carbocycles. The van der Waals surface area contributed by atoms with Crippen LogP contribution in [0.1, 0.15) is 5.56 Å². The topological polar surface area (TPSA) is 19.4 Å². The molecular weight excluding hydrogens is 330 g/mol. The standard InChI is InChI=1S/C24H23N3/c1-2-7-22-17-19(9-10-20(22)5-1)18-26-13-15-27(16-14-26)24-23-8-4-3-6-21(23)11-12-25-24/h1-12,17H,13-16,18H2. The Labute approximate surface area is 159 Å². The number of hydrogen-bond donors (Lipinski definition) is 0. The number of aromatic nitrogens is 1. The number of pyridine rings is 1. The van der Waals surface area contributed by atoms with Crippen molar-refractivity contribution in [2.45, 2.75) is 6.54 Å². The lowest BCUT2D eigenvalue weighted by Gasteiger charge is -2.36. The Morgan fingerprint density at radius 2 is 1.44 bits per heavy atom. The molecule has 0 spiro atoms. The fraction of sp³-hybridized carbons (Fsp3) is 0.208. The predicted molar refractivity (Wildman–Crippen MR) is 113 cm³/mol. The minimum Gasteiger partial charge on any atom is -0.354 e. The zero-order valence-electron chi connectivity index (χ0n) is 15.4. The van der Waals surface area contributed by atoms with Crippen molar-refractivity contribution >= 4 is 27.4 Å². The van der Waals surface area contributed by atoms with Crippen LogP contribution in [0.15, 0.2) is 79.0 Å². The first kappa shape index (κ1) is 16.3. The van der Waals surface area contributed by atoms with E-state index in [1.54, 1.807) is 0 Å². The zero-order valence-corrected chi connectivity index (χ0v) is 15.4. The van der Waals surface area contributed by atoms with Gasteiger partial charge in [-0.15, -0.1) is 0 Å². The van der Waals surface area contributed by atoms with E-state index in [2.05, 4.69) is 87.6 Å². The third-order valence-corrected chi connectivity index (χ3v) is 5.54. The number of piperazine rings is 1. The summed E-state index contributed by atoms with van der Waals surface area (Å²) in [6.45, 7) is 5.19. The van der Waals surface area contributed by atoms with Gasteiger partial charge in [0, 0.05) is 44.3 Å². The summed E-state index contributed by atoms with van der Waals surface area (Å²) in [7, 11) is 0. The molecule has 0 N–H and O–H groups in total. The van der Waals surface area contributed by atoms with Gasteiger partial charge in [-0.1, -0.05) is 60.7 Å². The van der Waals surface area contributed by atoms with Crippen molar-refractivity contribution in [2.24, 2.45) is 0 Å². The second kappa shape index (κ2) is 7.01. The van der Waals surface area contributed by atoms with Crippen LogP contribution in [0.25, 0.3) is 21.5 Å². The minimum atomic E-state index is 1.02. The molecule has 2 heterocycles. The Morgan fingerprint density at radius 1 is 0.704 bits per heavy atom. The monoisotopic (exact) mass is 353 g/mol. The average Bonchev–Trinajstić information content (AvgIpc) is 2.74. The van der Waals surface area contributed by atoms with Crippen LogP contribution >= 0.6 is 0 Å². The van der Waals surface area contributed by atoms with E-state index in [4.69, 9.17) is 0 Å². The molecule has 1 fully saturated rings. The maximum atomic E-state index is 4.68. The van der Waals surface area contributed by atoms with Gasteiger partial charge in [0.1, 0.15) is 5.82 Å². The number of fused-ring (bicyclic) bond motifs is 2. The van der Waals surface area contributed by atoms with Gasteiger partial charge in [0.05, 0.1) is 0 Å². The van der Waals surface area contributed by atoms with Crippen molar-refractivity contribution in [3.8, 4) is 0 Å². The van der Waals surface area contributed by atoms with Crippen molar-refractivity contribution < 1.29 is 0 Å². The van der Waals surface area contributed by atoms with Gasteiger partial charge in [-0.3, -0.25) is 4.90 Å². The summed E-state index contributed by atoms with van der Waals surface area (Å²) in [5.41, 5.74) is 1.39. The van der Waals surface area contributed by atoms with Gasteiger partial charge < -0.3 is 4.90 Å². The van der Waals surface area contributed by atoms with Gasteiger partial charge in [0.2, 0.25) is 0 Å². The lowest BCUT2D eigenvalue weighted by molar-refractivity contribution is 0.249. The third-order valence-electron chi connectivity index (χ3n) is 5.54. The predicted octanol–water partition coefficient (Wildman–Crippen LogP) is 4.71. The molecule has 3 heteroatoms. The molecule has 27 heavy (non-hydrogen) atoms. The molecule has 0 amide bonds. The largest absolute Gasteiger partial charge is 0.354 e. The Kier molecular flexibility index (Phi) is 4.23. The van der Waals surface area contributed by atoms with Crippen molar-refractivity contribution in [1.82, 2.24) is 9.88 Å². The molecule has 0 unspecified atom stereocenters. The number of rotatable bonds is 3. The van der Waals surface area contributed by atoms with E-state index < -0.39 is 0 Å². The molecule has 1 aliphatic rings. The van der Waals surface area contributed by atoms with Gasteiger partial charge in [-0.2, -0.15) is 0 Å². The van der Waals surface area contributed by atoms with Crippen molar-refractivity contribution in [2.75, 3.05) is 31.1 Å². The number of benzene rings is 3. The number of hydrogen-bond acceptors (Lipinski definition) is 3. The summed E-state index contributed by atoms with van der Waals surface area (Å²) in [6.07, 6.45) is 1.93. The van der Waals surface area contributed by atoms with Crippen LogP contribution in [0.5, 0.6) is 0 Å². The van der Waals surface area contributed by atoms with Gasteiger partial charge in [0.15, 0.2) is 0 Å². The number of nitrogens with zero attached hydrogens (tertiary/aromatic N) is 3. The highest BCUT2D eigenvalue weighted by Gasteiger charge is 2.19. The molecule has 0 bridgehead atoms. The lowest BCUT2D eigenvalue weighted by Crippen LogP contribution is -2.46. The molecule has 1 saturated heterocycles. The van der Waals surface area contributed by atoms with Gasteiger partial charge in [-0.05, 0) is 33.9 Å².